The topological polar surface area (TPSA) is 27.0 Å². The Morgan fingerprint density at radius 1 is 1.12 bits per heavy atom. The summed E-state index contributed by atoms with van der Waals surface area (Å²) in [5.41, 5.74) is 1.19. The molecule has 80 valence electrons. The van der Waals surface area contributed by atoms with Crippen molar-refractivity contribution < 1.29 is 0 Å². The third kappa shape index (κ3) is 1.90. The average Bonchev–Trinajstić information content (AvgIpc) is 2.29. The third-order valence-electron chi connectivity index (χ3n) is 2.48. The van der Waals surface area contributed by atoms with Gasteiger partial charge in [0.1, 0.15) is 0 Å². The van der Waals surface area contributed by atoms with Crippen LogP contribution in [0, 0.1) is 10.2 Å². The molecule has 2 aromatic carbocycles. The van der Waals surface area contributed by atoms with Gasteiger partial charge in [0.25, 0.3) is 0 Å². The van der Waals surface area contributed by atoms with Crippen LogP contribution in [0.1, 0.15) is 0 Å². The molecule has 0 saturated carbocycles. The van der Waals surface area contributed by atoms with Crippen molar-refractivity contribution >= 4 is 35.9 Å². The van der Waals surface area contributed by atoms with Crippen molar-refractivity contribution in [1.29, 1.82) is 5.26 Å². The monoisotopic (exact) mass is 276 g/mol. The SMILES string of the molecule is CN(C)c1cccc2cccc([Se]C#N)c12. The Hall–Kier alpha value is -1.49. The van der Waals surface area contributed by atoms with Gasteiger partial charge in [-0.2, -0.15) is 0 Å². The zero-order chi connectivity index (χ0) is 11.5. The molecule has 0 radical (unpaired) electrons. The fourth-order valence-electron chi connectivity index (χ4n) is 1.79. The summed E-state index contributed by atoms with van der Waals surface area (Å²) in [5.74, 6) is 0. The minimum absolute atomic E-state index is 0.106. The summed E-state index contributed by atoms with van der Waals surface area (Å²) in [4.78, 5) is 4.38. The van der Waals surface area contributed by atoms with E-state index in [1.54, 1.807) is 0 Å². The quantitative estimate of drug-likeness (QED) is 0.780. The van der Waals surface area contributed by atoms with Crippen LogP contribution in [0.25, 0.3) is 10.8 Å². The van der Waals surface area contributed by atoms with Crippen molar-refractivity contribution in [2.24, 2.45) is 0 Å². The van der Waals surface area contributed by atoms with Gasteiger partial charge < -0.3 is 0 Å². The summed E-state index contributed by atoms with van der Waals surface area (Å²) >= 11 is -0.106. The van der Waals surface area contributed by atoms with Crippen LogP contribution in [0.3, 0.4) is 0 Å². The molecule has 16 heavy (non-hydrogen) atoms. The average molecular weight is 275 g/mol. The van der Waals surface area contributed by atoms with Crippen LogP contribution in [0.5, 0.6) is 0 Å². The van der Waals surface area contributed by atoms with Gasteiger partial charge in [-0.25, -0.2) is 0 Å². The van der Waals surface area contributed by atoms with Gasteiger partial charge in [0, 0.05) is 0 Å². The number of nitrogens with zero attached hydrogens (tertiary/aromatic N) is 2. The fraction of sp³-hybridized carbons (Fsp3) is 0.154. The number of hydrogen-bond donors (Lipinski definition) is 0. The van der Waals surface area contributed by atoms with Gasteiger partial charge in [-0.05, 0) is 0 Å². The zero-order valence-corrected chi connectivity index (χ0v) is 11.0. The fourth-order valence-corrected chi connectivity index (χ4v) is 2.99. The number of nitriles is 1. The normalized spacial score (nSPS) is 10.1. The molecule has 0 bridgehead atoms. The molecule has 2 nitrogen and oxygen atoms in total. The molecule has 3 heteroatoms. The van der Waals surface area contributed by atoms with E-state index < -0.39 is 0 Å². The summed E-state index contributed by atoms with van der Waals surface area (Å²) in [6.07, 6.45) is 0. The van der Waals surface area contributed by atoms with Crippen LogP contribution >= 0.6 is 0 Å². The van der Waals surface area contributed by atoms with E-state index in [-0.39, 0.29) is 15.0 Å². The standard InChI is InChI=1S/C13H12N2Se/c1-15(2)11-7-3-5-10-6-4-8-12(13(10)11)16-9-14/h3-8H,1-2H3. The van der Waals surface area contributed by atoms with E-state index in [2.05, 4.69) is 40.2 Å². The molecule has 2 aromatic rings. The van der Waals surface area contributed by atoms with Crippen molar-refractivity contribution in [1.82, 2.24) is 0 Å². The zero-order valence-electron chi connectivity index (χ0n) is 9.27. The Labute approximate surface area is 102 Å². The van der Waals surface area contributed by atoms with Gasteiger partial charge in [0.15, 0.2) is 0 Å². The Kier molecular flexibility index (Phi) is 3.14. The van der Waals surface area contributed by atoms with Crippen LogP contribution in [0.2, 0.25) is 0 Å². The first-order valence-corrected chi connectivity index (χ1v) is 6.70. The molecule has 0 atom stereocenters. The molecular weight excluding hydrogens is 263 g/mol. The Bertz CT molecular complexity index is 550. The van der Waals surface area contributed by atoms with Crippen LogP contribution in [0.4, 0.5) is 5.69 Å². The first-order chi connectivity index (χ1) is 7.74. The maximum atomic E-state index is 8.87. The van der Waals surface area contributed by atoms with E-state index in [1.165, 1.54) is 16.5 Å². The molecule has 0 N–H and O–H groups in total. The third-order valence-corrected chi connectivity index (χ3v) is 3.85. The Morgan fingerprint density at radius 2 is 1.81 bits per heavy atom. The molecule has 0 heterocycles. The van der Waals surface area contributed by atoms with Crippen molar-refractivity contribution in [3.63, 3.8) is 0 Å². The van der Waals surface area contributed by atoms with Crippen LogP contribution in [0.15, 0.2) is 36.4 Å². The number of hydrogen-bond acceptors (Lipinski definition) is 2. The van der Waals surface area contributed by atoms with Gasteiger partial charge in [-0.1, -0.05) is 0 Å². The first-order valence-electron chi connectivity index (χ1n) is 4.99. The van der Waals surface area contributed by atoms with Crippen LogP contribution in [-0.2, 0) is 0 Å². The van der Waals surface area contributed by atoms with E-state index in [0.29, 0.717) is 0 Å². The van der Waals surface area contributed by atoms with Gasteiger partial charge in [-0.15, -0.1) is 0 Å². The number of anilines is 1. The maximum absolute atomic E-state index is 8.87. The molecule has 0 unspecified atom stereocenters. The first kappa shape index (κ1) is 11.0. The second-order valence-electron chi connectivity index (χ2n) is 3.72. The van der Waals surface area contributed by atoms with E-state index in [1.807, 2.05) is 20.2 Å². The second-order valence-corrected chi connectivity index (χ2v) is 5.45. The second kappa shape index (κ2) is 4.57. The molecule has 0 fully saturated rings. The Morgan fingerprint density at radius 3 is 2.44 bits per heavy atom. The van der Waals surface area contributed by atoms with Crippen molar-refractivity contribution in [2.75, 3.05) is 19.0 Å². The minimum atomic E-state index is -0.106. The van der Waals surface area contributed by atoms with Gasteiger partial charge >= 0.3 is 102 Å². The summed E-state index contributed by atoms with van der Waals surface area (Å²) < 4.78 is 1.16. The summed E-state index contributed by atoms with van der Waals surface area (Å²) in [6, 6.07) is 12.4. The van der Waals surface area contributed by atoms with Crippen LogP contribution < -0.4 is 9.36 Å². The van der Waals surface area contributed by atoms with Crippen LogP contribution in [-0.4, -0.2) is 29.1 Å². The predicted molar refractivity (Wildman–Crippen MR) is 69.3 cm³/mol. The molecule has 2 rings (SSSR count). The molecule has 0 amide bonds. The number of fused-ring (bicyclic) bond motifs is 1. The van der Waals surface area contributed by atoms with E-state index >= 15 is 0 Å². The molecule has 0 aliphatic heterocycles. The van der Waals surface area contributed by atoms with Gasteiger partial charge in [0.2, 0.25) is 0 Å². The van der Waals surface area contributed by atoms with Crippen molar-refractivity contribution in [3.8, 4) is 4.97 Å². The molecule has 0 aliphatic carbocycles. The van der Waals surface area contributed by atoms with Crippen molar-refractivity contribution in [3.05, 3.63) is 36.4 Å². The summed E-state index contributed by atoms with van der Waals surface area (Å²) in [5, 5.41) is 11.3. The molecule has 0 saturated heterocycles. The van der Waals surface area contributed by atoms with Crippen molar-refractivity contribution in [2.45, 2.75) is 0 Å². The van der Waals surface area contributed by atoms with E-state index in [0.717, 1.165) is 4.46 Å². The number of rotatable bonds is 2. The molecule has 0 spiro atoms. The summed E-state index contributed by atoms with van der Waals surface area (Å²) in [6.45, 7) is 0. The molecule has 0 aliphatic rings. The van der Waals surface area contributed by atoms with Gasteiger partial charge in [0.05, 0.1) is 0 Å². The molecular formula is C13H12N2Se. The molecule has 0 aromatic heterocycles. The predicted octanol–water partition coefficient (Wildman–Crippen LogP) is 1.72. The number of benzene rings is 2. The van der Waals surface area contributed by atoms with E-state index in [9.17, 15) is 0 Å². The summed E-state index contributed by atoms with van der Waals surface area (Å²) in [7, 11) is 4.07. The van der Waals surface area contributed by atoms with Gasteiger partial charge in [-0.3, -0.25) is 0 Å². The Balaban J connectivity index is 2.77. The van der Waals surface area contributed by atoms with E-state index in [4.69, 9.17) is 5.26 Å².